The topological polar surface area (TPSA) is 56.7 Å². The normalized spacial score (nSPS) is 24.3. The quantitative estimate of drug-likeness (QED) is 0.528. The summed E-state index contributed by atoms with van der Waals surface area (Å²) in [6.07, 6.45) is 3.60. The third-order valence-corrected chi connectivity index (χ3v) is 1.84. The number of aromatic nitrogens is 3. The van der Waals surface area contributed by atoms with Crippen LogP contribution in [-0.4, -0.2) is 20.8 Å². The minimum Gasteiger partial charge on any atom is -0.326 e. The molecule has 2 N–H and O–H groups in total. The second kappa shape index (κ2) is 2.05. The van der Waals surface area contributed by atoms with Crippen molar-refractivity contribution in [3.63, 3.8) is 0 Å². The number of fused-ring (bicyclic) bond motifs is 1. The summed E-state index contributed by atoms with van der Waals surface area (Å²) < 4.78 is 1.88. The average Bonchev–Trinajstić information content (AvgIpc) is 2.33. The first-order valence-electron chi connectivity index (χ1n) is 3.48. The van der Waals surface area contributed by atoms with E-state index < -0.39 is 0 Å². The molecule has 1 aromatic rings. The van der Waals surface area contributed by atoms with Crippen LogP contribution in [0.1, 0.15) is 12.2 Å². The molecule has 0 radical (unpaired) electrons. The van der Waals surface area contributed by atoms with Crippen LogP contribution in [-0.2, 0) is 13.0 Å². The van der Waals surface area contributed by atoms with Gasteiger partial charge in [-0.3, -0.25) is 0 Å². The molecule has 0 saturated carbocycles. The fourth-order valence-electron chi connectivity index (χ4n) is 1.26. The molecule has 1 aromatic heterocycles. The second-order valence-electron chi connectivity index (χ2n) is 2.66. The van der Waals surface area contributed by atoms with Crippen LogP contribution in [0.5, 0.6) is 0 Å². The monoisotopic (exact) mass is 138 g/mol. The van der Waals surface area contributed by atoms with E-state index in [1.165, 1.54) is 0 Å². The molecule has 1 unspecified atom stereocenters. The van der Waals surface area contributed by atoms with E-state index in [-0.39, 0.29) is 6.04 Å². The summed E-state index contributed by atoms with van der Waals surface area (Å²) in [5, 5.41) is 4.03. The fourth-order valence-corrected chi connectivity index (χ4v) is 1.26. The summed E-state index contributed by atoms with van der Waals surface area (Å²) in [5.41, 5.74) is 5.72. The van der Waals surface area contributed by atoms with Gasteiger partial charge in [0.15, 0.2) is 0 Å². The van der Waals surface area contributed by atoms with Gasteiger partial charge in [0.05, 0.1) is 6.54 Å². The summed E-state index contributed by atoms with van der Waals surface area (Å²) >= 11 is 0. The molecular formula is C6H10N4. The molecule has 1 aliphatic rings. The Morgan fingerprint density at radius 2 is 2.60 bits per heavy atom. The number of nitrogens with two attached hydrogens (primary N) is 1. The maximum Gasteiger partial charge on any atom is 0.138 e. The molecule has 10 heavy (non-hydrogen) atoms. The maximum absolute atomic E-state index is 5.72. The third kappa shape index (κ3) is 0.806. The molecular weight excluding hydrogens is 128 g/mol. The SMILES string of the molecule is NC1CCc2ncnn2C1. The molecule has 0 fully saturated rings. The molecule has 4 nitrogen and oxygen atoms in total. The van der Waals surface area contributed by atoms with Crippen molar-refractivity contribution in [3.8, 4) is 0 Å². The molecule has 0 bridgehead atoms. The zero-order valence-electron chi connectivity index (χ0n) is 5.70. The summed E-state index contributed by atoms with van der Waals surface area (Å²) in [7, 11) is 0. The zero-order valence-corrected chi connectivity index (χ0v) is 5.70. The van der Waals surface area contributed by atoms with Crippen molar-refractivity contribution in [3.05, 3.63) is 12.2 Å². The molecule has 1 atom stereocenters. The van der Waals surface area contributed by atoms with Gasteiger partial charge in [-0.25, -0.2) is 9.67 Å². The summed E-state index contributed by atoms with van der Waals surface area (Å²) in [6.45, 7) is 0.829. The highest BCUT2D eigenvalue weighted by Crippen LogP contribution is 2.08. The van der Waals surface area contributed by atoms with E-state index in [9.17, 15) is 0 Å². The Morgan fingerprint density at radius 1 is 1.70 bits per heavy atom. The lowest BCUT2D eigenvalue weighted by molar-refractivity contribution is 0.422. The van der Waals surface area contributed by atoms with Crippen molar-refractivity contribution in [2.24, 2.45) is 5.73 Å². The van der Waals surface area contributed by atoms with Crippen LogP contribution < -0.4 is 5.73 Å². The Labute approximate surface area is 59.1 Å². The van der Waals surface area contributed by atoms with Crippen LogP contribution in [0.2, 0.25) is 0 Å². The Kier molecular flexibility index (Phi) is 1.20. The van der Waals surface area contributed by atoms with Gasteiger partial charge >= 0.3 is 0 Å². The Bertz CT molecular complexity index is 229. The van der Waals surface area contributed by atoms with E-state index in [1.54, 1.807) is 6.33 Å². The molecule has 54 valence electrons. The van der Waals surface area contributed by atoms with Crippen molar-refractivity contribution in [1.29, 1.82) is 0 Å². The van der Waals surface area contributed by atoms with Crippen LogP contribution in [0.15, 0.2) is 6.33 Å². The van der Waals surface area contributed by atoms with E-state index in [0.717, 1.165) is 25.2 Å². The predicted molar refractivity (Wildman–Crippen MR) is 36.3 cm³/mol. The van der Waals surface area contributed by atoms with Crippen molar-refractivity contribution >= 4 is 0 Å². The predicted octanol–water partition coefficient (Wildman–Crippen LogP) is -0.448. The van der Waals surface area contributed by atoms with Gasteiger partial charge in [0.2, 0.25) is 0 Å². The Balaban J connectivity index is 2.30. The van der Waals surface area contributed by atoms with E-state index in [0.29, 0.717) is 0 Å². The molecule has 0 saturated heterocycles. The maximum atomic E-state index is 5.72. The van der Waals surface area contributed by atoms with Crippen LogP contribution in [0.4, 0.5) is 0 Å². The molecule has 2 heterocycles. The van der Waals surface area contributed by atoms with Crippen LogP contribution >= 0.6 is 0 Å². The third-order valence-electron chi connectivity index (χ3n) is 1.84. The van der Waals surface area contributed by atoms with Gasteiger partial charge in [-0.2, -0.15) is 5.10 Å². The van der Waals surface area contributed by atoms with Gasteiger partial charge in [-0.1, -0.05) is 0 Å². The first-order chi connectivity index (χ1) is 4.86. The van der Waals surface area contributed by atoms with Crippen molar-refractivity contribution in [1.82, 2.24) is 14.8 Å². The van der Waals surface area contributed by atoms with E-state index in [1.807, 2.05) is 4.68 Å². The van der Waals surface area contributed by atoms with Crippen molar-refractivity contribution in [2.45, 2.75) is 25.4 Å². The minimum atomic E-state index is 0.272. The number of nitrogens with zero attached hydrogens (tertiary/aromatic N) is 3. The molecule has 0 spiro atoms. The molecule has 4 heteroatoms. The molecule has 0 aromatic carbocycles. The lowest BCUT2D eigenvalue weighted by atomic mass is 10.1. The Morgan fingerprint density at radius 3 is 3.50 bits per heavy atom. The highest BCUT2D eigenvalue weighted by Gasteiger charge is 2.15. The van der Waals surface area contributed by atoms with Gasteiger partial charge < -0.3 is 5.73 Å². The lowest BCUT2D eigenvalue weighted by Gasteiger charge is -2.17. The number of hydrogen-bond donors (Lipinski definition) is 1. The van der Waals surface area contributed by atoms with Gasteiger partial charge in [-0.05, 0) is 6.42 Å². The van der Waals surface area contributed by atoms with Gasteiger partial charge in [0.25, 0.3) is 0 Å². The van der Waals surface area contributed by atoms with E-state index in [4.69, 9.17) is 5.73 Å². The molecule has 0 amide bonds. The summed E-state index contributed by atoms with van der Waals surface area (Å²) in [5.74, 6) is 1.07. The van der Waals surface area contributed by atoms with Crippen LogP contribution in [0, 0.1) is 0 Å². The number of aryl methyl sites for hydroxylation is 1. The molecule has 2 rings (SSSR count). The molecule has 1 aliphatic heterocycles. The highest BCUT2D eigenvalue weighted by atomic mass is 15.3. The average molecular weight is 138 g/mol. The molecule has 0 aliphatic carbocycles. The van der Waals surface area contributed by atoms with E-state index >= 15 is 0 Å². The zero-order chi connectivity index (χ0) is 6.97. The first kappa shape index (κ1) is 5.85. The van der Waals surface area contributed by atoms with Gasteiger partial charge in [0.1, 0.15) is 12.2 Å². The van der Waals surface area contributed by atoms with Gasteiger partial charge in [-0.15, -0.1) is 0 Å². The standard InChI is InChI=1S/C6H10N4/c7-5-1-2-6-8-4-9-10(6)3-5/h4-5H,1-3,7H2. The summed E-state index contributed by atoms with van der Waals surface area (Å²) in [6, 6.07) is 0.272. The van der Waals surface area contributed by atoms with Crippen molar-refractivity contribution < 1.29 is 0 Å². The van der Waals surface area contributed by atoms with Crippen LogP contribution in [0.3, 0.4) is 0 Å². The summed E-state index contributed by atoms with van der Waals surface area (Å²) in [4.78, 5) is 4.09. The fraction of sp³-hybridized carbons (Fsp3) is 0.667. The van der Waals surface area contributed by atoms with Gasteiger partial charge in [0, 0.05) is 12.5 Å². The lowest BCUT2D eigenvalue weighted by Crippen LogP contribution is -2.32. The second-order valence-corrected chi connectivity index (χ2v) is 2.66. The smallest absolute Gasteiger partial charge is 0.138 e. The minimum absolute atomic E-state index is 0.272. The Hall–Kier alpha value is -0.900. The number of rotatable bonds is 0. The highest BCUT2D eigenvalue weighted by molar-refractivity contribution is 4.90. The van der Waals surface area contributed by atoms with Crippen molar-refractivity contribution in [2.75, 3.05) is 0 Å². The number of hydrogen-bond acceptors (Lipinski definition) is 3. The van der Waals surface area contributed by atoms with E-state index in [2.05, 4.69) is 10.1 Å². The largest absolute Gasteiger partial charge is 0.326 e. The van der Waals surface area contributed by atoms with Crippen LogP contribution in [0.25, 0.3) is 0 Å². The first-order valence-corrected chi connectivity index (χ1v) is 3.48.